The average Bonchev–Trinajstić information content (AvgIpc) is 2.16. The Labute approximate surface area is 90.4 Å². The van der Waals surface area contributed by atoms with Crippen molar-refractivity contribution in [3.05, 3.63) is 27.7 Å². The van der Waals surface area contributed by atoms with Crippen molar-refractivity contribution < 1.29 is 9.53 Å². The van der Waals surface area contributed by atoms with E-state index in [-0.39, 0.29) is 11.3 Å². The first-order valence-electron chi connectivity index (χ1n) is 3.89. The number of ketones is 1. The quantitative estimate of drug-likeness (QED) is 0.762. The molecule has 3 nitrogen and oxygen atoms in total. The highest BCUT2D eigenvalue weighted by Crippen LogP contribution is 2.28. The number of hydrogen-bond acceptors (Lipinski definition) is 3. The van der Waals surface area contributed by atoms with Crippen LogP contribution < -0.4 is 4.74 Å². The molecule has 0 spiro atoms. The summed E-state index contributed by atoms with van der Waals surface area (Å²) in [7, 11) is 1.47. The summed E-state index contributed by atoms with van der Waals surface area (Å²) in [5, 5.41) is 8.90. The first-order valence-corrected chi connectivity index (χ1v) is 4.68. The van der Waals surface area contributed by atoms with Crippen LogP contribution in [0.4, 0.5) is 0 Å². The summed E-state index contributed by atoms with van der Waals surface area (Å²) in [5.74, 6) is 0.258. The highest BCUT2D eigenvalue weighted by Gasteiger charge is 2.15. The van der Waals surface area contributed by atoms with Gasteiger partial charge in [-0.3, -0.25) is 4.79 Å². The van der Waals surface area contributed by atoms with E-state index < -0.39 is 0 Å². The number of benzene rings is 1. The van der Waals surface area contributed by atoms with Gasteiger partial charge < -0.3 is 4.74 Å². The van der Waals surface area contributed by atoms with Gasteiger partial charge in [0.15, 0.2) is 5.78 Å². The maximum atomic E-state index is 11.3. The molecule has 0 atom stereocenters. The lowest BCUT2D eigenvalue weighted by Gasteiger charge is -2.07. The second-order valence-corrected chi connectivity index (χ2v) is 3.52. The van der Waals surface area contributed by atoms with E-state index in [1.54, 1.807) is 12.1 Å². The van der Waals surface area contributed by atoms with Crippen LogP contribution in [-0.2, 0) is 0 Å². The SMILES string of the molecule is COc1ccc(Br)c(C(C)=O)c1C#N. The Morgan fingerprint density at radius 3 is 2.64 bits per heavy atom. The summed E-state index contributed by atoms with van der Waals surface area (Å²) in [6, 6.07) is 5.30. The molecule has 0 saturated heterocycles. The predicted octanol–water partition coefficient (Wildman–Crippen LogP) is 2.53. The first-order chi connectivity index (χ1) is 6.61. The number of carbonyl (C=O) groups excluding carboxylic acids is 1. The highest BCUT2D eigenvalue weighted by molar-refractivity contribution is 9.10. The maximum absolute atomic E-state index is 11.3. The molecule has 1 rings (SSSR count). The highest BCUT2D eigenvalue weighted by atomic mass is 79.9. The lowest BCUT2D eigenvalue weighted by Crippen LogP contribution is -2.00. The molecule has 0 unspecified atom stereocenters. The van der Waals surface area contributed by atoms with Crippen LogP contribution in [-0.4, -0.2) is 12.9 Å². The summed E-state index contributed by atoms with van der Waals surface area (Å²) in [6.07, 6.45) is 0. The normalized spacial score (nSPS) is 9.29. The fourth-order valence-electron chi connectivity index (χ4n) is 1.18. The van der Waals surface area contributed by atoms with Crippen LogP contribution in [0.25, 0.3) is 0 Å². The predicted molar refractivity (Wildman–Crippen MR) is 55.4 cm³/mol. The number of carbonyl (C=O) groups is 1. The standard InChI is InChI=1S/C10H8BrNO2/c1-6(13)10-7(5-12)9(14-2)4-3-8(10)11/h3-4H,1-2H3. The largest absolute Gasteiger partial charge is 0.495 e. The molecule has 0 aliphatic rings. The van der Waals surface area contributed by atoms with Crippen LogP contribution in [0, 0.1) is 11.3 Å². The summed E-state index contributed by atoms with van der Waals surface area (Å²) in [4.78, 5) is 11.3. The Morgan fingerprint density at radius 1 is 1.57 bits per heavy atom. The molecule has 0 radical (unpaired) electrons. The van der Waals surface area contributed by atoms with E-state index in [9.17, 15) is 4.79 Å². The van der Waals surface area contributed by atoms with Gasteiger partial charge >= 0.3 is 0 Å². The third-order valence-electron chi connectivity index (χ3n) is 1.80. The van der Waals surface area contributed by atoms with E-state index in [2.05, 4.69) is 15.9 Å². The number of ether oxygens (including phenoxy) is 1. The molecule has 0 saturated carbocycles. The van der Waals surface area contributed by atoms with Gasteiger partial charge in [0.05, 0.1) is 12.7 Å². The molecular weight excluding hydrogens is 246 g/mol. The van der Waals surface area contributed by atoms with Crippen LogP contribution in [0.2, 0.25) is 0 Å². The topological polar surface area (TPSA) is 50.1 Å². The molecule has 1 aromatic carbocycles. The minimum atomic E-state index is -0.160. The van der Waals surface area contributed by atoms with Crippen molar-refractivity contribution in [1.29, 1.82) is 5.26 Å². The molecule has 1 aromatic rings. The van der Waals surface area contributed by atoms with Gasteiger partial charge in [0.2, 0.25) is 0 Å². The Bertz CT molecular complexity index is 421. The van der Waals surface area contributed by atoms with E-state index >= 15 is 0 Å². The molecule has 0 heterocycles. The Morgan fingerprint density at radius 2 is 2.21 bits per heavy atom. The Kier molecular flexibility index (Phi) is 3.26. The lowest BCUT2D eigenvalue weighted by molar-refractivity contribution is 0.101. The smallest absolute Gasteiger partial charge is 0.162 e. The number of halogens is 1. The minimum absolute atomic E-state index is 0.160. The van der Waals surface area contributed by atoms with Gasteiger partial charge in [0, 0.05) is 4.47 Å². The molecule has 0 fully saturated rings. The average molecular weight is 254 g/mol. The zero-order valence-corrected chi connectivity index (χ0v) is 9.38. The molecule has 72 valence electrons. The van der Waals surface area contributed by atoms with Gasteiger partial charge in [-0.25, -0.2) is 0 Å². The fraction of sp³-hybridized carbons (Fsp3) is 0.200. The van der Waals surface area contributed by atoms with Crippen molar-refractivity contribution in [2.24, 2.45) is 0 Å². The molecule has 0 N–H and O–H groups in total. The Balaban J connectivity index is 3.53. The second kappa shape index (κ2) is 4.25. The van der Waals surface area contributed by atoms with E-state index in [0.717, 1.165) is 0 Å². The van der Waals surface area contributed by atoms with Gasteiger partial charge in [0.25, 0.3) is 0 Å². The number of nitrogens with zero attached hydrogens (tertiary/aromatic N) is 1. The van der Waals surface area contributed by atoms with Crippen molar-refractivity contribution in [3.8, 4) is 11.8 Å². The number of hydrogen-bond donors (Lipinski definition) is 0. The van der Waals surface area contributed by atoms with Crippen LogP contribution in [0.5, 0.6) is 5.75 Å². The summed E-state index contributed by atoms with van der Waals surface area (Å²) in [5.41, 5.74) is 0.640. The van der Waals surface area contributed by atoms with E-state index in [1.807, 2.05) is 6.07 Å². The van der Waals surface area contributed by atoms with Crippen molar-refractivity contribution in [2.45, 2.75) is 6.92 Å². The van der Waals surface area contributed by atoms with Gasteiger partial charge in [0.1, 0.15) is 17.4 Å². The fourth-order valence-corrected chi connectivity index (χ4v) is 1.79. The Hall–Kier alpha value is -1.34. The minimum Gasteiger partial charge on any atom is -0.495 e. The van der Waals surface area contributed by atoms with Crippen molar-refractivity contribution >= 4 is 21.7 Å². The number of rotatable bonds is 2. The molecule has 4 heteroatoms. The third kappa shape index (κ3) is 1.78. The summed E-state index contributed by atoms with van der Waals surface area (Å²) in [6.45, 7) is 1.42. The summed E-state index contributed by atoms with van der Waals surface area (Å²) < 4.78 is 5.60. The van der Waals surface area contributed by atoms with Crippen molar-refractivity contribution in [2.75, 3.05) is 7.11 Å². The third-order valence-corrected chi connectivity index (χ3v) is 2.46. The second-order valence-electron chi connectivity index (χ2n) is 2.67. The molecule has 0 aliphatic carbocycles. The van der Waals surface area contributed by atoms with Gasteiger partial charge in [-0.2, -0.15) is 5.26 Å². The molecule has 0 aliphatic heterocycles. The number of methoxy groups -OCH3 is 1. The van der Waals surface area contributed by atoms with Crippen LogP contribution in [0.1, 0.15) is 22.8 Å². The monoisotopic (exact) mass is 253 g/mol. The molecule has 0 bridgehead atoms. The number of nitriles is 1. The summed E-state index contributed by atoms with van der Waals surface area (Å²) >= 11 is 3.22. The van der Waals surface area contributed by atoms with Crippen molar-refractivity contribution in [3.63, 3.8) is 0 Å². The van der Waals surface area contributed by atoms with Crippen LogP contribution in [0.15, 0.2) is 16.6 Å². The molecule has 0 aromatic heterocycles. The van der Waals surface area contributed by atoms with Crippen LogP contribution in [0.3, 0.4) is 0 Å². The first kappa shape index (κ1) is 10.7. The van der Waals surface area contributed by atoms with Gasteiger partial charge in [-0.1, -0.05) is 0 Å². The number of Topliss-reactive ketones (excluding diaryl/α,β-unsaturated/α-hetero) is 1. The van der Waals surface area contributed by atoms with E-state index in [1.165, 1.54) is 14.0 Å². The molecule has 14 heavy (non-hydrogen) atoms. The van der Waals surface area contributed by atoms with Gasteiger partial charge in [-0.15, -0.1) is 0 Å². The molecular formula is C10H8BrNO2. The lowest BCUT2D eigenvalue weighted by atomic mass is 10.0. The zero-order valence-electron chi connectivity index (χ0n) is 7.80. The van der Waals surface area contributed by atoms with Crippen LogP contribution >= 0.6 is 15.9 Å². The zero-order chi connectivity index (χ0) is 10.7. The van der Waals surface area contributed by atoms with Crippen molar-refractivity contribution in [1.82, 2.24) is 0 Å². The van der Waals surface area contributed by atoms with E-state index in [0.29, 0.717) is 15.8 Å². The maximum Gasteiger partial charge on any atom is 0.162 e. The van der Waals surface area contributed by atoms with E-state index in [4.69, 9.17) is 10.00 Å². The molecule has 0 amide bonds. The van der Waals surface area contributed by atoms with Gasteiger partial charge in [-0.05, 0) is 35.0 Å².